The van der Waals surface area contributed by atoms with Gasteiger partial charge in [-0.1, -0.05) is 13.3 Å². The van der Waals surface area contributed by atoms with Gasteiger partial charge in [0.25, 0.3) is 0 Å². The van der Waals surface area contributed by atoms with Crippen molar-refractivity contribution in [3.63, 3.8) is 0 Å². The van der Waals surface area contributed by atoms with Crippen LogP contribution in [-0.2, 0) is 13.1 Å². The van der Waals surface area contributed by atoms with Crippen molar-refractivity contribution in [1.29, 1.82) is 0 Å². The van der Waals surface area contributed by atoms with Crippen LogP contribution in [0.15, 0.2) is 5.38 Å². The Balaban J connectivity index is 1.81. The number of rotatable bonds is 6. The van der Waals surface area contributed by atoms with E-state index in [0.29, 0.717) is 0 Å². The van der Waals surface area contributed by atoms with Crippen LogP contribution in [-0.4, -0.2) is 29.5 Å². The molecule has 1 aromatic rings. The van der Waals surface area contributed by atoms with E-state index in [2.05, 4.69) is 34.6 Å². The third-order valence-corrected chi connectivity index (χ3v) is 4.13. The molecule has 4 heteroatoms. The molecule has 0 amide bonds. The molecule has 1 N–H and O–H groups in total. The minimum absolute atomic E-state index is 0.805. The highest BCUT2D eigenvalue weighted by Gasteiger charge is 2.22. The van der Waals surface area contributed by atoms with Crippen LogP contribution in [0, 0.1) is 0 Å². The average Bonchev–Trinajstić information content (AvgIpc) is 2.59. The molecule has 0 bridgehead atoms. The van der Waals surface area contributed by atoms with Gasteiger partial charge in [0, 0.05) is 24.5 Å². The summed E-state index contributed by atoms with van der Waals surface area (Å²) in [6, 6.07) is 0.805. The first kappa shape index (κ1) is 12.0. The molecule has 0 aliphatic heterocycles. The zero-order chi connectivity index (χ0) is 11.4. The molecular formula is C12H21N3S. The normalized spacial score (nSPS) is 16.7. The Morgan fingerprint density at radius 2 is 2.38 bits per heavy atom. The van der Waals surface area contributed by atoms with Crippen LogP contribution in [0.2, 0.25) is 0 Å². The van der Waals surface area contributed by atoms with Crippen molar-refractivity contribution in [2.75, 3.05) is 13.6 Å². The smallest absolute Gasteiger partial charge is 0.107 e. The third-order valence-electron chi connectivity index (χ3n) is 3.23. The van der Waals surface area contributed by atoms with Crippen molar-refractivity contribution in [1.82, 2.24) is 15.2 Å². The molecule has 90 valence electrons. The lowest BCUT2D eigenvalue weighted by molar-refractivity contribution is 0.151. The number of hydrogen-bond acceptors (Lipinski definition) is 4. The molecule has 0 unspecified atom stereocenters. The molecule has 1 fully saturated rings. The fourth-order valence-corrected chi connectivity index (χ4v) is 2.70. The van der Waals surface area contributed by atoms with Gasteiger partial charge in [0.05, 0.1) is 5.69 Å². The van der Waals surface area contributed by atoms with Crippen LogP contribution in [0.1, 0.15) is 36.9 Å². The third kappa shape index (κ3) is 3.03. The molecule has 1 aliphatic rings. The maximum atomic E-state index is 4.64. The summed E-state index contributed by atoms with van der Waals surface area (Å²) in [7, 11) is 2.22. The molecule has 2 rings (SSSR count). The van der Waals surface area contributed by atoms with Crippen molar-refractivity contribution in [2.24, 2.45) is 0 Å². The van der Waals surface area contributed by atoms with Crippen LogP contribution in [0.4, 0.5) is 0 Å². The first-order valence-corrected chi connectivity index (χ1v) is 7.01. The SMILES string of the molecule is CCNCc1nc(CN(C)C2CCC2)cs1. The zero-order valence-electron chi connectivity index (χ0n) is 10.2. The lowest BCUT2D eigenvalue weighted by Gasteiger charge is -2.34. The van der Waals surface area contributed by atoms with E-state index in [9.17, 15) is 0 Å². The number of nitrogens with one attached hydrogen (secondary N) is 1. The van der Waals surface area contributed by atoms with E-state index in [1.54, 1.807) is 11.3 Å². The monoisotopic (exact) mass is 239 g/mol. The maximum absolute atomic E-state index is 4.64. The Morgan fingerprint density at radius 3 is 3.00 bits per heavy atom. The van der Waals surface area contributed by atoms with Crippen molar-refractivity contribution >= 4 is 11.3 Å². The second kappa shape index (κ2) is 5.75. The lowest BCUT2D eigenvalue weighted by Crippen LogP contribution is -2.36. The zero-order valence-corrected chi connectivity index (χ0v) is 11.0. The van der Waals surface area contributed by atoms with Gasteiger partial charge in [-0.05, 0) is 26.4 Å². The topological polar surface area (TPSA) is 28.2 Å². The highest BCUT2D eigenvalue weighted by molar-refractivity contribution is 7.09. The molecule has 16 heavy (non-hydrogen) atoms. The van der Waals surface area contributed by atoms with Gasteiger partial charge >= 0.3 is 0 Å². The van der Waals surface area contributed by atoms with Crippen molar-refractivity contribution < 1.29 is 0 Å². The molecular weight excluding hydrogens is 218 g/mol. The Kier molecular flexibility index (Phi) is 4.32. The number of thiazole rings is 1. The van der Waals surface area contributed by atoms with Gasteiger partial charge in [-0.3, -0.25) is 4.90 Å². The molecule has 0 saturated heterocycles. The Labute approximate surface area is 102 Å². The van der Waals surface area contributed by atoms with Crippen molar-refractivity contribution in [3.8, 4) is 0 Å². The standard InChI is InChI=1S/C12H21N3S/c1-3-13-7-12-14-10(9-16-12)8-15(2)11-5-4-6-11/h9,11,13H,3-8H2,1-2H3. The van der Waals surface area contributed by atoms with Crippen LogP contribution in [0.3, 0.4) is 0 Å². The Hall–Kier alpha value is -0.450. The van der Waals surface area contributed by atoms with E-state index < -0.39 is 0 Å². The first-order chi connectivity index (χ1) is 7.79. The molecule has 1 aliphatic carbocycles. The summed E-state index contributed by atoms with van der Waals surface area (Å²) >= 11 is 1.77. The minimum Gasteiger partial charge on any atom is -0.311 e. The minimum atomic E-state index is 0.805. The van der Waals surface area contributed by atoms with Crippen LogP contribution < -0.4 is 5.32 Å². The summed E-state index contributed by atoms with van der Waals surface area (Å²) in [5, 5.41) is 6.71. The fraction of sp³-hybridized carbons (Fsp3) is 0.750. The molecule has 1 saturated carbocycles. The van der Waals surface area contributed by atoms with Crippen LogP contribution in [0.25, 0.3) is 0 Å². The van der Waals surface area contributed by atoms with Gasteiger partial charge in [-0.2, -0.15) is 0 Å². The fourth-order valence-electron chi connectivity index (χ4n) is 1.95. The highest BCUT2D eigenvalue weighted by Crippen LogP contribution is 2.25. The van der Waals surface area contributed by atoms with Gasteiger partial charge in [-0.15, -0.1) is 11.3 Å². The molecule has 0 spiro atoms. The van der Waals surface area contributed by atoms with Crippen molar-refractivity contribution in [2.45, 2.75) is 45.3 Å². The number of hydrogen-bond donors (Lipinski definition) is 1. The summed E-state index contributed by atoms with van der Waals surface area (Å²) in [5.41, 5.74) is 1.23. The van der Waals surface area contributed by atoms with E-state index in [4.69, 9.17) is 0 Å². The van der Waals surface area contributed by atoms with Crippen LogP contribution >= 0.6 is 11.3 Å². The predicted octanol–water partition coefficient (Wildman–Crippen LogP) is 2.24. The van der Waals surface area contributed by atoms with Gasteiger partial charge in [-0.25, -0.2) is 4.98 Å². The summed E-state index contributed by atoms with van der Waals surface area (Å²) in [6.07, 6.45) is 4.13. The molecule has 1 heterocycles. The van der Waals surface area contributed by atoms with E-state index in [0.717, 1.165) is 25.7 Å². The van der Waals surface area contributed by atoms with Gasteiger partial charge < -0.3 is 5.32 Å². The molecule has 0 radical (unpaired) electrons. The quantitative estimate of drug-likeness (QED) is 0.825. The van der Waals surface area contributed by atoms with Crippen molar-refractivity contribution in [3.05, 3.63) is 16.1 Å². The highest BCUT2D eigenvalue weighted by atomic mass is 32.1. The van der Waals surface area contributed by atoms with E-state index >= 15 is 0 Å². The summed E-state index contributed by atoms with van der Waals surface area (Å²) in [6.45, 7) is 5.05. The van der Waals surface area contributed by atoms with E-state index in [1.807, 2.05) is 0 Å². The summed E-state index contributed by atoms with van der Waals surface area (Å²) in [4.78, 5) is 7.08. The summed E-state index contributed by atoms with van der Waals surface area (Å²) < 4.78 is 0. The Morgan fingerprint density at radius 1 is 1.56 bits per heavy atom. The Bertz CT molecular complexity index is 320. The predicted molar refractivity (Wildman–Crippen MR) is 68.6 cm³/mol. The maximum Gasteiger partial charge on any atom is 0.107 e. The molecule has 0 atom stereocenters. The summed E-state index contributed by atoms with van der Waals surface area (Å²) in [5.74, 6) is 0. The average molecular weight is 239 g/mol. The van der Waals surface area contributed by atoms with E-state index in [1.165, 1.54) is 30.0 Å². The van der Waals surface area contributed by atoms with E-state index in [-0.39, 0.29) is 0 Å². The second-order valence-electron chi connectivity index (χ2n) is 4.51. The second-order valence-corrected chi connectivity index (χ2v) is 5.46. The molecule has 3 nitrogen and oxygen atoms in total. The van der Waals surface area contributed by atoms with Gasteiger partial charge in [0.1, 0.15) is 5.01 Å². The number of nitrogens with zero attached hydrogens (tertiary/aromatic N) is 2. The lowest BCUT2D eigenvalue weighted by atomic mass is 9.92. The largest absolute Gasteiger partial charge is 0.311 e. The van der Waals surface area contributed by atoms with Gasteiger partial charge in [0.15, 0.2) is 0 Å². The molecule has 0 aromatic carbocycles. The number of aromatic nitrogens is 1. The van der Waals surface area contributed by atoms with Crippen LogP contribution in [0.5, 0.6) is 0 Å². The molecule has 1 aromatic heterocycles. The van der Waals surface area contributed by atoms with Gasteiger partial charge in [0.2, 0.25) is 0 Å². The first-order valence-electron chi connectivity index (χ1n) is 6.14.